The molecule has 0 radical (unpaired) electrons. The summed E-state index contributed by atoms with van der Waals surface area (Å²) in [5.74, 6) is 0.366. The molecule has 1 aliphatic rings. The maximum Gasteiger partial charge on any atom is 0.417 e. The standard InChI is InChI=1S/C25H23N3O4S/c1-18-4-11-22(16-24(18)20-7-5-19(17-26)6-8-20)32-25(29)27-21-9-12-23(13-10-21)33(30,31)28-14-2-3-15-28/h4-13,16H,2-3,14-15H2,1H3,(H,27,29). The number of nitriles is 1. The maximum absolute atomic E-state index is 12.6. The minimum Gasteiger partial charge on any atom is -0.410 e. The third-order valence-corrected chi connectivity index (χ3v) is 7.46. The lowest BCUT2D eigenvalue weighted by Crippen LogP contribution is -2.27. The van der Waals surface area contributed by atoms with Crippen molar-refractivity contribution in [2.75, 3.05) is 18.4 Å². The number of carbonyl (C=O) groups excluding carboxylic acids is 1. The van der Waals surface area contributed by atoms with Gasteiger partial charge in [-0.2, -0.15) is 9.57 Å². The van der Waals surface area contributed by atoms with Crippen molar-refractivity contribution < 1.29 is 17.9 Å². The molecule has 0 aliphatic carbocycles. The van der Waals surface area contributed by atoms with Gasteiger partial charge in [0.05, 0.1) is 16.5 Å². The number of benzene rings is 3. The van der Waals surface area contributed by atoms with Gasteiger partial charge in [0, 0.05) is 18.8 Å². The van der Waals surface area contributed by atoms with Gasteiger partial charge in [0.15, 0.2) is 0 Å². The Kier molecular flexibility index (Phi) is 6.45. The van der Waals surface area contributed by atoms with Crippen molar-refractivity contribution in [2.45, 2.75) is 24.7 Å². The summed E-state index contributed by atoms with van der Waals surface area (Å²) in [6, 6.07) is 20.6. The molecule has 8 heteroatoms. The second-order valence-corrected chi connectivity index (χ2v) is 9.75. The first-order valence-corrected chi connectivity index (χ1v) is 12.0. The zero-order valence-corrected chi connectivity index (χ0v) is 18.9. The molecule has 168 valence electrons. The van der Waals surface area contributed by atoms with Crippen LogP contribution in [0.4, 0.5) is 10.5 Å². The summed E-state index contributed by atoms with van der Waals surface area (Å²) in [6.07, 6.45) is 1.06. The second kappa shape index (κ2) is 9.45. The van der Waals surface area contributed by atoms with E-state index in [0.717, 1.165) is 29.5 Å². The summed E-state index contributed by atoms with van der Waals surface area (Å²) >= 11 is 0. The van der Waals surface area contributed by atoms with E-state index in [1.165, 1.54) is 16.4 Å². The zero-order chi connectivity index (χ0) is 23.4. The lowest BCUT2D eigenvalue weighted by atomic mass is 9.99. The Balaban J connectivity index is 1.44. The highest BCUT2D eigenvalue weighted by Gasteiger charge is 2.27. The van der Waals surface area contributed by atoms with Crippen LogP contribution in [-0.4, -0.2) is 31.9 Å². The number of hydrogen-bond acceptors (Lipinski definition) is 5. The fourth-order valence-electron chi connectivity index (χ4n) is 3.74. The Morgan fingerprint density at radius 2 is 1.67 bits per heavy atom. The first-order valence-electron chi connectivity index (χ1n) is 10.6. The molecule has 1 amide bonds. The number of rotatable bonds is 5. The molecule has 3 aromatic carbocycles. The van der Waals surface area contributed by atoms with Crippen molar-refractivity contribution in [3.8, 4) is 22.9 Å². The SMILES string of the molecule is Cc1ccc(OC(=O)Nc2ccc(S(=O)(=O)N3CCCC3)cc2)cc1-c1ccc(C#N)cc1. The van der Waals surface area contributed by atoms with E-state index in [2.05, 4.69) is 11.4 Å². The highest BCUT2D eigenvalue weighted by Crippen LogP contribution is 2.28. The highest BCUT2D eigenvalue weighted by atomic mass is 32.2. The van der Waals surface area contributed by atoms with E-state index in [0.29, 0.717) is 30.1 Å². The van der Waals surface area contributed by atoms with Gasteiger partial charge in [-0.05, 0) is 85.0 Å². The van der Waals surface area contributed by atoms with Crippen molar-refractivity contribution in [3.05, 3.63) is 77.9 Å². The van der Waals surface area contributed by atoms with Gasteiger partial charge in [-0.25, -0.2) is 13.2 Å². The second-order valence-electron chi connectivity index (χ2n) is 7.82. The third-order valence-electron chi connectivity index (χ3n) is 5.55. The monoisotopic (exact) mass is 461 g/mol. The smallest absolute Gasteiger partial charge is 0.410 e. The van der Waals surface area contributed by atoms with Gasteiger partial charge in [0.2, 0.25) is 10.0 Å². The van der Waals surface area contributed by atoms with E-state index in [9.17, 15) is 13.2 Å². The molecule has 1 saturated heterocycles. The van der Waals surface area contributed by atoms with E-state index in [1.807, 2.05) is 25.1 Å². The summed E-state index contributed by atoms with van der Waals surface area (Å²) in [5.41, 5.74) is 3.80. The summed E-state index contributed by atoms with van der Waals surface area (Å²) in [4.78, 5) is 12.6. The Morgan fingerprint density at radius 3 is 2.30 bits per heavy atom. The van der Waals surface area contributed by atoms with E-state index in [1.54, 1.807) is 36.4 Å². The molecule has 0 aromatic heterocycles. The van der Waals surface area contributed by atoms with Crippen LogP contribution in [0.2, 0.25) is 0 Å². The molecule has 0 unspecified atom stereocenters. The molecule has 1 N–H and O–H groups in total. The van der Waals surface area contributed by atoms with Gasteiger partial charge in [0.25, 0.3) is 0 Å². The fourth-order valence-corrected chi connectivity index (χ4v) is 5.26. The maximum atomic E-state index is 12.6. The molecule has 33 heavy (non-hydrogen) atoms. The van der Waals surface area contributed by atoms with Gasteiger partial charge < -0.3 is 4.74 Å². The average molecular weight is 462 g/mol. The molecule has 4 rings (SSSR count). The number of nitrogens with zero attached hydrogens (tertiary/aromatic N) is 2. The van der Waals surface area contributed by atoms with Crippen LogP contribution in [0.1, 0.15) is 24.0 Å². The van der Waals surface area contributed by atoms with E-state index >= 15 is 0 Å². The number of sulfonamides is 1. The molecule has 3 aromatic rings. The molecule has 7 nitrogen and oxygen atoms in total. The van der Waals surface area contributed by atoms with Gasteiger partial charge in [-0.3, -0.25) is 5.32 Å². The number of aryl methyl sites for hydroxylation is 1. The summed E-state index contributed by atoms with van der Waals surface area (Å²) < 4.78 is 32.1. The van der Waals surface area contributed by atoms with Crippen LogP contribution < -0.4 is 10.1 Å². The van der Waals surface area contributed by atoms with Crippen molar-refractivity contribution in [3.63, 3.8) is 0 Å². The molecule has 0 atom stereocenters. The zero-order valence-electron chi connectivity index (χ0n) is 18.1. The molecule has 1 heterocycles. The summed E-state index contributed by atoms with van der Waals surface area (Å²) in [6.45, 7) is 3.03. The summed E-state index contributed by atoms with van der Waals surface area (Å²) in [7, 11) is -3.50. The van der Waals surface area contributed by atoms with Crippen molar-refractivity contribution >= 4 is 21.8 Å². The Morgan fingerprint density at radius 1 is 1.00 bits per heavy atom. The lowest BCUT2D eigenvalue weighted by Gasteiger charge is -2.15. The molecule has 1 aliphatic heterocycles. The molecule has 1 fully saturated rings. The van der Waals surface area contributed by atoms with Crippen LogP contribution in [0.5, 0.6) is 5.75 Å². The van der Waals surface area contributed by atoms with Crippen molar-refractivity contribution in [2.24, 2.45) is 0 Å². The molecular weight excluding hydrogens is 438 g/mol. The van der Waals surface area contributed by atoms with Crippen molar-refractivity contribution in [1.29, 1.82) is 5.26 Å². The van der Waals surface area contributed by atoms with Crippen LogP contribution in [0, 0.1) is 18.3 Å². The van der Waals surface area contributed by atoms with Crippen molar-refractivity contribution in [1.82, 2.24) is 4.31 Å². The normalized spacial score (nSPS) is 13.9. The van der Waals surface area contributed by atoms with Crippen LogP contribution in [-0.2, 0) is 10.0 Å². The Labute approximate surface area is 193 Å². The van der Waals surface area contributed by atoms with E-state index in [-0.39, 0.29) is 4.90 Å². The van der Waals surface area contributed by atoms with E-state index < -0.39 is 16.1 Å². The number of hydrogen-bond donors (Lipinski definition) is 1. The first kappa shape index (κ1) is 22.5. The van der Waals surface area contributed by atoms with Gasteiger partial charge in [-0.1, -0.05) is 18.2 Å². The minimum absolute atomic E-state index is 0.203. The van der Waals surface area contributed by atoms with Gasteiger partial charge in [-0.15, -0.1) is 0 Å². The van der Waals surface area contributed by atoms with Crippen LogP contribution in [0.25, 0.3) is 11.1 Å². The molecule has 0 saturated carbocycles. The minimum atomic E-state index is -3.50. The van der Waals surface area contributed by atoms with Crippen LogP contribution >= 0.6 is 0 Å². The number of ether oxygens (including phenoxy) is 1. The number of nitrogens with one attached hydrogen (secondary N) is 1. The quantitative estimate of drug-likeness (QED) is 0.581. The molecule has 0 spiro atoms. The molecule has 0 bridgehead atoms. The number of anilines is 1. The average Bonchev–Trinajstić information content (AvgIpc) is 3.37. The Bertz CT molecular complexity index is 1310. The van der Waals surface area contributed by atoms with Crippen LogP contribution in [0.3, 0.4) is 0 Å². The molecular formula is C25H23N3O4S. The predicted octanol–water partition coefficient (Wildman–Crippen LogP) is 4.93. The van der Waals surface area contributed by atoms with Crippen LogP contribution in [0.15, 0.2) is 71.6 Å². The lowest BCUT2D eigenvalue weighted by molar-refractivity contribution is 0.215. The third kappa shape index (κ3) is 5.06. The van der Waals surface area contributed by atoms with E-state index in [4.69, 9.17) is 10.00 Å². The predicted molar refractivity (Wildman–Crippen MR) is 125 cm³/mol. The fraction of sp³-hybridized carbons (Fsp3) is 0.200. The number of amides is 1. The highest BCUT2D eigenvalue weighted by molar-refractivity contribution is 7.89. The Hall–Kier alpha value is -3.67. The topological polar surface area (TPSA) is 99.5 Å². The van der Waals surface area contributed by atoms with Gasteiger partial charge >= 0.3 is 6.09 Å². The first-order chi connectivity index (χ1) is 15.9. The summed E-state index contributed by atoms with van der Waals surface area (Å²) in [5, 5.41) is 11.6. The largest absolute Gasteiger partial charge is 0.417 e. The number of carbonyl (C=O) groups is 1. The van der Waals surface area contributed by atoms with Gasteiger partial charge in [0.1, 0.15) is 5.75 Å².